The van der Waals surface area contributed by atoms with Gasteiger partial charge in [0, 0.05) is 6.42 Å². The summed E-state index contributed by atoms with van der Waals surface area (Å²) in [6, 6.07) is 4.14. The van der Waals surface area contributed by atoms with Gasteiger partial charge in [0.05, 0.1) is 0 Å². The Labute approximate surface area is 138 Å². The molecular weight excluding hydrogens is 327 g/mol. The lowest BCUT2D eigenvalue weighted by atomic mass is 9.78. The fraction of sp³-hybridized carbons (Fsp3) is 0.556. The molecule has 1 aliphatic rings. The molecule has 1 aromatic rings. The molecule has 134 valence electrons. The fourth-order valence-corrected chi connectivity index (χ4v) is 3.12. The van der Waals surface area contributed by atoms with Crippen molar-refractivity contribution in [3.8, 4) is 5.75 Å². The predicted octanol–water partition coefficient (Wildman–Crippen LogP) is 6.30. The molecule has 0 amide bonds. The van der Waals surface area contributed by atoms with Crippen LogP contribution in [0.1, 0.15) is 50.0 Å². The summed E-state index contributed by atoms with van der Waals surface area (Å²) in [7, 11) is 0. The Hall–Kier alpha value is -1.59. The van der Waals surface area contributed by atoms with Crippen molar-refractivity contribution in [1.82, 2.24) is 0 Å². The Morgan fingerprint density at radius 1 is 1.08 bits per heavy atom. The zero-order chi connectivity index (χ0) is 17.5. The highest BCUT2D eigenvalue weighted by Gasteiger charge is 2.22. The highest BCUT2D eigenvalue weighted by Crippen LogP contribution is 2.37. The van der Waals surface area contributed by atoms with E-state index < -0.39 is 24.6 Å². The third-order valence-electron chi connectivity index (χ3n) is 4.38. The van der Waals surface area contributed by atoms with E-state index >= 15 is 0 Å². The first-order valence-electron chi connectivity index (χ1n) is 8.14. The molecule has 0 aromatic heterocycles. The second-order valence-corrected chi connectivity index (χ2v) is 6.08. The number of halogens is 5. The van der Waals surface area contributed by atoms with Crippen LogP contribution in [0.2, 0.25) is 0 Å². The number of hydrogen-bond donors (Lipinski definition) is 0. The lowest BCUT2D eigenvalue weighted by Crippen LogP contribution is -2.12. The van der Waals surface area contributed by atoms with Gasteiger partial charge in [0.15, 0.2) is 11.6 Å². The molecule has 0 aliphatic heterocycles. The lowest BCUT2D eigenvalue weighted by molar-refractivity contribution is -0.0522. The normalized spacial score (nSPS) is 21.8. The van der Waals surface area contributed by atoms with Crippen LogP contribution in [0, 0.1) is 11.7 Å². The first-order valence-corrected chi connectivity index (χ1v) is 8.14. The maximum Gasteiger partial charge on any atom is 0.387 e. The molecule has 1 saturated carbocycles. The van der Waals surface area contributed by atoms with Crippen LogP contribution in [0.5, 0.6) is 5.75 Å². The minimum Gasteiger partial charge on any atom is -0.432 e. The van der Waals surface area contributed by atoms with E-state index in [4.69, 9.17) is 0 Å². The maximum absolute atomic E-state index is 13.8. The third kappa shape index (κ3) is 5.80. The highest BCUT2D eigenvalue weighted by molar-refractivity contribution is 5.31. The average molecular weight is 348 g/mol. The Morgan fingerprint density at radius 2 is 1.79 bits per heavy atom. The monoisotopic (exact) mass is 348 g/mol. The van der Waals surface area contributed by atoms with Gasteiger partial charge in [0.2, 0.25) is 6.43 Å². The summed E-state index contributed by atoms with van der Waals surface area (Å²) in [5.74, 6) is -0.665. The van der Waals surface area contributed by atoms with Crippen molar-refractivity contribution in [2.45, 2.75) is 57.5 Å². The van der Waals surface area contributed by atoms with Crippen molar-refractivity contribution >= 4 is 0 Å². The Bertz CT molecular complexity index is 536. The summed E-state index contributed by atoms with van der Waals surface area (Å²) in [6.45, 7) is -3.04. The van der Waals surface area contributed by atoms with Crippen LogP contribution in [0.25, 0.3) is 0 Å². The zero-order valence-electron chi connectivity index (χ0n) is 13.2. The summed E-state index contributed by atoms with van der Waals surface area (Å²) in [5, 5.41) is 0. The molecule has 0 N–H and O–H groups in total. The summed E-state index contributed by atoms with van der Waals surface area (Å²) in [4.78, 5) is 0. The van der Waals surface area contributed by atoms with Gasteiger partial charge in [-0.15, -0.1) is 0 Å². The van der Waals surface area contributed by atoms with Crippen LogP contribution >= 0.6 is 0 Å². The number of allylic oxidation sites excluding steroid dienone is 2. The van der Waals surface area contributed by atoms with E-state index in [1.807, 2.05) is 12.2 Å². The van der Waals surface area contributed by atoms with Crippen molar-refractivity contribution in [3.05, 3.63) is 41.7 Å². The van der Waals surface area contributed by atoms with Crippen molar-refractivity contribution < 1.29 is 26.7 Å². The zero-order valence-corrected chi connectivity index (χ0v) is 13.2. The minimum absolute atomic E-state index is 0.113. The van der Waals surface area contributed by atoms with Gasteiger partial charge >= 0.3 is 6.61 Å². The lowest BCUT2D eigenvalue weighted by Gasteiger charge is -2.27. The van der Waals surface area contributed by atoms with Crippen molar-refractivity contribution in [3.63, 3.8) is 0 Å². The van der Waals surface area contributed by atoms with E-state index in [-0.39, 0.29) is 12.3 Å². The largest absolute Gasteiger partial charge is 0.432 e. The van der Waals surface area contributed by atoms with E-state index in [9.17, 15) is 22.0 Å². The topological polar surface area (TPSA) is 9.23 Å². The van der Waals surface area contributed by atoms with E-state index in [0.29, 0.717) is 12.3 Å². The quantitative estimate of drug-likeness (QED) is 0.415. The summed E-state index contributed by atoms with van der Waals surface area (Å²) in [5.41, 5.74) is 0.786. The minimum atomic E-state index is -3.04. The van der Waals surface area contributed by atoms with Crippen LogP contribution in [-0.4, -0.2) is 13.0 Å². The van der Waals surface area contributed by atoms with Crippen molar-refractivity contribution in [2.24, 2.45) is 5.92 Å². The van der Waals surface area contributed by atoms with Crippen molar-refractivity contribution in [2.75, 3.05) is 0 Å². The van der Waals surface area contributed by atoms with E-state index in [1.54, 1.807) is 6.07 Å². The molecule has 24 heavy (non-hydrogen) atoms. The summed E-state index contributed by atoms with van der Waals surface area (Å²) >= 11 is 0. The number of benzene rings is 1. The van der Waals surface area contributed by atoms with E-state index in [1.165, 1.54) is 12.1 Å². The molecule has 1 nitrogen and oxygen atoms in total. The van der Waals surface area contributed by atoms with Crippen LogP contribution in [0.4, 0.5) is 22.0 Å². The van der Waals surface area contributed by atoms with Gasteiger partial charge in [-0.25, -0.2) is 13.2 Å². The molecular formula is C18H21F5O. The summed E-state index contributed by atoms with van der Waals surface area (Å²) in [6.07, 6.45) is 5.35. The standard InChI is InChI=1S/C18H21F5O/c19-15-11-14(9-10-16(15)24-18(22)23)13-7-5-12(6-8-13)3-1-2-4-17(20)21/h1,3,9-13,17-18H,2,4-8H2/t12-,13-. The molecule has 1 fully saturated rings. The SMILES string of the molecule is Fc1cc([C@H]2CC[C@H](C=CCCC(F)F)CC2)ccc1OC(F)F. The molecule has 6 heteroatoms. The first-order chi connectivity index (χ1) is 11.5. The van der Waals surface area contributed by atoms with Gasteiger partial charge in [-0.2, -0.15) is 8.78 Å². The van der Waals surface area contributed by atoms with Crippen LogP contribution in [0.15, 0.2) is 30.4 Å². The molecule has 0 atom stereocenters. The van der Waals surface area contributed by atoms with Crippen LogP contribution in [-0.2, 0) is 0 Å². The van der Waals surface area contributed by atoms with Gasteiger partial charge < -0.3 is 4.74 Å². The van der Waals surface area contributed by atoms with Gasteiger partial charge in [0.25, 0.3) is 0 Å². The maximum atomic E-state index is 13.8. The molecule has 1 aliphatic carbocycles. The Morgan fingerprint density at radius 3 is 2.38 bits per heavy atom. The second-order valence-electron chi connectivity index (χ2n) is 6.08. The van der Waals surface area contributed by atoms with Crippen molar-refractivity contribution in [1.29, 1.82) is 0 Å². The first kappa shape index (κ1) is 18.7. The smallest absolute Gasteiger partial charge is 0.387 e. The molecule has 0 bridgehead atoms. The Kier molecular flexibility index (Phi) is 7.06. The number of hydrogen-bond acceptors (Lipinski definition) is 1. The van der Waals surface area contributed by atoms with Gasteiger partial charge in [0.1, 0.15) is 0 Å². The van der Waals surface area contributed by atoms with E-state index in [0.717, 1.165) is 31.2 Å². The van der Waals surface area contributed by atoms with E-state index in [2.05, 4.69) is 4.74 Å². The number of alkyl halides is 4. The average Bonchev–Trinajstić information content (AvgIpc) is 2.53. The number of ether oxygens (including phenoxy) is 1. The third-order valence-corrected chi connectivity index (χ3v) is 4.38. The van der Waals surface area contributed by atoms with Gasteiger partial charge in [-0.05, 0) is 61.6 Å². The van der Waals surface area contributed by atoms with Crippen LogP contribution < -0.4 is 4.74 Å². The fourth-order valence-electron chi connectivity index (χ4n) is 3.12. The molecule has 0 saturated heterocycles. The number of rotatable bonds is 7. The molecule has 1 aromatic carbocycles. The molecule has 2 rings (SSSR count). The van der Waals surface area contributed by atoms with Crippen LogP contribution in [0.3, 0.4) is 0 Å². The molecule has 0 unspecified atom stereocenters. The molecule has 0 spiro atoms. The molecule has 0 heterocycles. The second kappa shape index (κ2) is 9.04. The molecule has 0 radical (unpaired) electrons. The highest BCUT2D eigenvalue weighted by atomic mass is 19.3. The summed E-state index contributed by atoms with van der Waals surface area (Å²) < 4.78 is 66.3. The predicted molar refractivity (Wildman–Crippen MR) is 82.1 cm³/mol. The van der Waals surface area contributed by atoms with Gasteiger partial charge in [-0.1, -0.05) is 18.2 Å². The van der Waals surface area contributed by atoms with Gasteiger partial charge in [-0.3, -0.25) is 0 Å². The Balaban J connectivity index is 1.85.